The maximum atomic E-state index is 10.7. The Bertz CT molecular complexity index is 356. The zero-order chi connectivity index (χ0) is 11.4. The number of nitrogens with two attached hydrogens (primary N) is 2. The molecule has 0 aliphatic heterocycles. The molecule has 2 unspecified atom stereocenters. The Morgan fingerprint density at radius 1 is 1.33 bits per heavy atom. The summed E-state index contributed by atoms with van der Waals surface area (Å²) in [5, 5.41) is 18.9. The van der Waals surface area contributed by atoms with E-state index in [0.717, 1.165) is 0 Å². The van der Waals surface area contributed by atoms with Gasteiger partial charge >= 0.3 is 0 Å². The predicted octanol–water partition coefficient (Wildman–Crippen LogP) is -1.15. The van der Waals surface area contributed by atoms with Crippen molar-refractivity contribution >= 4 is 11.6 Å². The molecule has 1 aromatic rings. The highest BCUT2D eigenvalue weighted by Gasteiger charge is 2.25. The van der Waals surface area contributed by atoms with Gasteiger partial charge in [-0.05, 0) is 6.07 Å². The fourth-order valence-corrected chi connectivity index (χ4v) is 1.21. The van der Waals surface area contributed by atoms with E-state index in [4.69, 9.17) is 11.6 Å². The van der Waals surface area contributed by atoms with E-state index in [1.807, 2.05) is 0 Å². The molecule has 0 saturated heterocycles. The molecule has 0 bridgehead atoms. The topological polar surface area (TPSA) is 122 Å². The zero-order valence-electron chi connectivity index (χ0n) is 7.92. The minimum atomic E-state index is -1.65. The molecule has 0 aromatic heterocycles. The highest BCUT2D eigenvalue weighted by molar-refractivity contribution is 5.79. The molecule has 0 aliphatic carbocycles. The number of aliphatic hydroxyl groups is 2. The van der Waals surface area contributed by atoms with Crippen LogP contribution in [0.25, 0.3) is 0 Å². The quantitative estimate of drug-likeness (QED) is 0.318. The van der Waals surface area contributed by atoms with Gasteiger partial charge in [0.25, 0.3) is 0 Å². The Morgan fingerprint density at radius 2 is 1.93 bits per heavy atom. The predicted molar refractivity (Wildman–Crippen MR) is 54.4 cm³/mol. The maximum absolute atomic E-state index is 10.7. The standard InChI is InChI=1S/C9H13N3O3/c10-9(15)8(14)7(13)5-3-1-2-4-6(5)12-11/h1-4,7-8,12-14H,11H2,(H2,10,15). The second-order valence-electron chi connectivity index (χ2n) is 3.02. The Kier molecular flexibility index (Phi) is 3.62. The van der Waals surface area contributed by atoms with Gasteiger partial charge in [0.15, 0.2) is 6.10 Å². The highest BCUT2D eigenvalue weighted by atomic mass is 16.3. The van der Waals surface area contributed by atoms with Crippen LogP contribution < -0.4 is 17.0 Å². The molecule has 15 heavy (non-hydrogen) atoms. The van der Waals surface area contributed by atoms with E-state index in [0.29, 0.717) is 11.3 Å². The van der Waals surface area contributed by atoms with Crippen molar-refractivity contribution < 1.29 is 15.0 Å². The van der Waals surface area contributed by atoms with Gasteiger partial charge in [0.1, 0.15) is 6.10 Å². The van der Waals surface area contributed by atoms with Gasteiger partial charge in [-0.15, -0.1) is 0 Å². The summed E-state index contributed by atoms with van der Waals surface area (Å²) in [7, 11) is 0. The van der Waals surface area contributed by atoms with E-state index < -0.39 is 18.1 Å². The average Bonchev–Trinajstić information content (AvgIpc) is 2.26. The summed E-state index contributed by atoms with van der Waals surface area (Å²) in [5.74, 6) is 4.21. The zero-order valence-corrected chi connectivity index (χ0v) is 7.92. The minimum absolute atomic E-state index is 0.311. The Balaban J connectivity index is 2.99. The molecule has 1 aromatic carbocycles. The molecule has 6 nitrogen and oxygen atoms in total. The Morgan fingerprint density at radius 3 is 2.47 bits per heavy atom. The minimum Gasteiger partial charge on any atom is -0.385 e. The molecule has 1 rings (SSSR count). The lowest BCUT2D eigenvalue weighted by atomic mass is 10.0. The molecule has 0 aliphatic rings. The van der Waals surface area contributed by atoms with Crippen LogP contribution in [0.4, 0.5) is 5.69 Å². The second kappa shape index (κ2) is 4.74. The van der Waals surface area contributed by atoms with Crippen LogP contribution in [0.15, 0.2) is 24.3 Å². The fraction of sp³-hybridized carbons (Fsp3) is 0.222. The van der Waals surface area contributed by atoms with Gasteiger partial charge in [-0.2, -0.15) is 0 Å². The van der Waals surface area contributed by atoms with Gasteiger partial charge in [-0.3, -0.25) is 10.6 Å². The van der Waals surface area contributed by atoms with Crippen molar-refractivity contribution in [3.63, 3.8) is 0 Å². The van der Waals surface area contributed by atoms with E-state index in [1.165, 1.54) is 6.07 Å². The van der Waals surface area contributed by atoms with Crippen LogP contribution in [-0.2, 0) is 4.79 Å². The molecule has 7 N–H and O–H groups in total. The van der Waals surface area contributed by atoms with E-state index in [9.17, 15) is 15.0 Å². The molecular weight excluding hydrogens is 198 g/mol. The van der Waals surface area contributed by atoms with E-state index in [-0.39, 0.29) is 0 Å². The first-order chi connectivity index (χ1) is 7.07. The van der Waals surface area contributed by atoms with Crippen LogP contribution >= 0.6 is 0 Å². The molecule has 82 valence electrons. The number of benzene rings is 1. The third kappa shape index (κ3) is 2.44. The third-order valence-corrected chi connectivity index (χ3v) is 2.03. The molecule has 0 radical (unpaired) electrons. The van der Waals surface area contributed by atoms with Crippen LogP contribution in [0.2, 0.25) is 0 Å². The van der Waals surface area contributed by atoms with Crippen molar-refractivity contribution in [1.29, 1.82) is 0 Å². The number of rotatable bonds is 4. The van der Waals surface area contributed by atoms with Crippen LogP contribution in [0.1, 0.15) is 11.7 Å². The molecule has 0 saturated carbocycles. The summed E-state index contributed by atoms with van der Waals surface area (Å²) in [6.07, 6.45) is -3.05. The van der Waals surface area contributed by atoms with Crippen LogP contribution in [0, 0.1) is 0 Å². The van der Waals surface area contributed by atoms with Crippen molar-refractivity contribution in [3.8, 4) is 0 Å². The largest absolute Gasteiger partial charge is 0.385 e. The number of nitrogens with one attached hydrogen (secondary N) is 1. The van der Waals surface area contributed by atoms with Crippen molar-refractivity contribution in [1.82, 2.24) is 0 Å². The molecule has 0 heterocycles. The van der Waals surface area contributed by atoms with Crippen LogP contribution in [-0.4, -0.2) is 22.2 Å². The molecule has 0 spiro atoms. The number of carbonyl (C=O) groups is 1. The summed E-state index contributed by atoms with van der Waals surface area (Å²) < 4.78 is 0. The van der Waals surface area contributed by atoms with Crippen LogP contribution in [0.5, 0.6) is 0 Å². The van der Waals surface area contributed by atoms with Gasteiger partial charge in [-0.25, -0.2) is 0 Å². The lowest BCUT2D eigenvalue weighted by Gasteiger charge is -2.17. The smallest absolute Gasteiger partial charge is 0.249 e. The van der Waals surface area contributed by atoms with Gasteiger partial charge in [-0.1, -0.05) is 18.2 Å². The van der Waals surface area contributed by atoms with E-state index in [1.54, 1.807) is 18.2 Å². The summed E-state index contributed by atoms with van der Waals surface area (Å²) in [5.41, 5.74) is 7.95. The molecule has 6 heteroatoms. The first kappa shape index (κ1) is 11.4. The Labute approximate surface area is 86.5 Å². The first-order valence-electron chi connectivity index (χ1n) is 4.29. The van der Waals surface area contributed by atoms with Gasteiger partial charge in [0, 0.05) is 5.56 Å². The van der Waals surface area contributed by atoms with Crippen molar-refractivity contribution in [2.75, 3.05) is 5.43 Å². The summed E-state index contributed by atoms with van der Waals surface area (Å²) in [6.45, 7) is 0. The van der Waals surface area contributed by atoms with Crippen molar-refractivity contribution in [2.45, 2.75) is 12.2 Å². The maximum Gasteiger partial charge on any atom is 0.249 e. The van der Waals surface area contributed by atoms with Crippen molar-refractivity contribution in [2.24, 2.45) is 11.6 Å². The fourth-order valence-electron chi connectivity index (χ4n) is 1.21. The molecule has 0 fully saturated rings. The normalized spacial score (nSPS) is 14.3. The number of anilines is 1. The Hall–Kier alpha value is -1.63. The lowest BCUT2D eigenvalue weighted by Crippen LogP contribution is -2.34. The van der Waals surface area contributed by atoms with Crippen molar-refractivity contribution in [3.05, 3.63) is 29.8 Å². The van der Waals surface area contributed by atoms with Gasteiger partial charge in [0.05, 0.1) is 5.69 Å². The first-order valence-corrected chi connectivity index (χ1v) is 4.29. The van der Waals surface area contributed by atoms with Crippen LogP contribution in [0.3, 0.4) is 0 Å². The highest BCUT2D eigenvalue weighted by Crippen LogP contribution is 2.24. The molecular formula is C9H13N3O3. The second-order valence-corrected chi connectivity index (χ2v) is 3.02. The number of amides is 1. The van der Waals surface area contributed by atoms with Gasteiger partial charge in [0.2, 0.25) is 5.91 Å². The summed E-state index contributed by atoms with van der Waals surface area (Å²) in [6, 6.07) is 6.48. The number of hydrogen-bond acceptors (Lipinski definition) is 5. The number of hydrogen-bond donors (Lipinski definition) is 5. The van der Waals surface area contributed by atoms with E-state index in [2.05, 4.69) is 5.43 Å². The monoisotopic (exact) mass is 211 g/mol. The number of para-hydroxylation sites is 1. The SMILES string of the molecule is NNc1ccccc1C(O)C(O)C(N)=O. The molecule has 2 atom stereocenters. The number of nitrogen functional groups attached to an aromatic ring is 1. The number of primary amides is 1. The lowest BCUT2D eigenvalue weighted by molar-refractivity contribution is -0.131. The number of carbonyl (C=O) groups excluding carboxylic acids is 1. The summed E-state index contributed by atoms with van der Waals surface area (Å²) >= 11 is 0. The van der Waals surface area contributed by atoms with E-state index >= 15 is 0 Å². The number of aliphatic hydroxyl groups excluding tert-OH is 2. The average molecular weight is 211 g/mol. The third-order valence-electron chi connectivity index (χ3n) is 2.03. The molecule has 1 amide bonds. The van der Waals surface area contributed by atoms with Gasteiger partial charge < -0.3 is 21.4 Å². The summed E-state index contributed by atoms with van der Waals surface area (Å²) in [4.78, 5) is 10.7. The number of hydrazine groups is 1.